The second kappa shape index (κ2) is 28.3. The van der Waals surface area contributed by atoms with Crippen LogP contribution in [0.5, 0.6) is 0 Å². The monoisotopic (exact) mass is 872 g/mol. The highest BCUT2D eigenvalue weighted by molar-refractivity contribution is 7.98. The van der Waals surface area contributed by atoms with Crippen LogP contribution in [0.4, 0.5) is 0 Å². The lowest BCUT2D eigenvalue weighted by Gasteiger charge is -2.29. The number of aliphatic hydroxyl groups is 1. The smallest absolute Gasteiger partial charge is 0.326 e. The number of carboxylic acid groups (broad SMARTS) is 2. The van der Waals surface area contributed by atoms with E-state index in [0.717, 1.165) is 0 Å². The van der Waals surface area contributed by atoms with Crippen molar-refractivity contribution in [3.8, 4) is 0 Å². The lowest BCUT2D eigenvalue weighted by Crippen LogP contribution is -2.62. The summed E-state index contributed by atoms with van der Waals surface area (Å²) in [6.07, 6.45) is 0.574. The molecule has 0 aliphatic rings. The molecule has 0 aromatic heterocycles. The maximum atomic E-state index is 13.9. The molecule has 0 aliphatic carbocycles. The van der Waals surface area contributed by atoms with Crippen LogP contribution in [-0.4, -0.2) is 130 Å². The van der Waals surface area contributed by atoms with Crippen molar-refractivity contribution in [2.45, 2.75) is 122 Å². The van der Waals surface area contributed by atoms with Crippen molar-refractivity contribution in [1.82, 2.24) is 42.5 Å². The first-order valence-corrected chi connectivity index (χ1v) is 21.1. The number of rotatable bonds is 31. The van der Waals surface area contributed by atoms with Crippen LogP contribution < -0.4 is 54.0 Å². The van der Waals surface area contributed by atoms with Crippen molar-refractivity contribution >= 4 is 59.1 Å². The number of hydrogen-bond donors (Lipinski definition) is 13. The molecule has 342 valence electrons. The zero-order valence-corrected chi connectivity index (χ0v) is 36.5. The van der Waals surface area contributed by atoms with Crippen LogP contribution in [-0.2, 0) is 38.4 Å². The van der Waals surface area contributed by atoms with Crippen molar-refractivity contribution in [3.05, 3.63) is 24.8 Å². The van der Waals surface area contributed by atoms with E-state index in [1.165, 1.54) is 32.5 Å². The Bertz CT molecular complexity index is 1500. The van der Waals surface area contributed by atoms with E-state index in [1.807, 2.05) is 0 Å². The molecule has 0 spiro atoms. The van der Waals surface area contributed by atoms with Gasteiger partial charge in [0.05, 0.1) is 24.2 Å². The minimum atomic E-state index is -1.72. The van der Waals surface area contributed by atoms with E-state index < -0.39 is 114 Å². The summed E-state index contributed by atoms with van der Waals surface area (Å²) in [4.78, 5) is 104. The normalized spacial score (nSPS) is 15.0. The van der Waals surface area contributed by atoms with Gasteiger partial charge < -0.3 is 69.3 Å². The highest BCUT2D eigenvalue weighted by Gasteiger charge is 2.36. The number of aliphatic hydroxyl groups excluding tert-OH is 1. The Balaban J connectivity index is 6.33. The van der Waals surface area contributed by atoms with Crippen LogP contribution in [0, 0.1) is 17.8 Å². The molecule has 0 aromatic carbocycles. The average Bonchev–Trinajstić information content (AvgIpc) is 3.14. The summed E-state index contributed by atoms with van der Waals surface area (Å²) in [5.41, 5.74) is 11.1. The summed E-state index contributed by atoms with van der Waals surface area (Å²) < 4.78 is 0. The lowest BCUT2D eigenvalue weighted by atomic mass is 9.99. The summed E-state index contributed by atoms with van der Waals surface area (Å²) in [6, 6.07) is -8.55. The summed E-state index contributed by atoms with van der Waals surface area (Å²) in [5, 5.41) is 50.1. The van der Waals surface area contributed by atoms with Crippen LogP contribution in [0.3, 0.4) is 0 Å². The fourth-order valence-corrected chi connectivity index (χ4v) is 6.02. The Kier molecular flexibility index (Phi) is 25.8. The lowest BCUT2D eigenvalue weighted by molar-refractivity contribution is -0.144. The molecule has 0 radical (unpaired) electrons. The van der Waals surface area contributed by atoms with Gasteiger partial charge >= 0.3 is 11.9 Å². The highest BCUT2D eigenvalue weighted by atomic mass is 32.2. The number of aliphatic carboxylic acids is 2. The maximum absolute atomic E-state index is 13.9. The van der Waals surface area contributed by atoms with E-state index in [9.17, 15) is 53.7 Å². The highest BCUT2D eigenvalue weighted by Crippen LogP contribution is 2.11. The molecule has 0 aliphatic heterocycles. The van der Waals surface area contributed by atoms with Crippen molar-refractivity contribution in [2.75, 3.05) is 25.1 Å². The van der Waals surface area contributed by atoms with Gasteiger partial charge in [0.2, 0.25) is 35.4 Å². The van der Waals surface area contributed by atoms with Crippen LogP contribution in [0.1, 0.15) is 80.1 Å². The Morgan fingerprint density at radius 3 is 1.43 bits per heavy atom. The van der Waals surface area contributed by atoms with Gasteiger partial charge in [0.15, 0.2) is 0 Å². The van der Waals surface area contributed by atoms with E-state index in [4.69, 9.17) is 11.5 Å². The first-order chi connectivity index (χ1) is 27.9. The average molecular weight is 873 g/mol. The van der Waals surface area contributed by atoms with Crippen molar-refractivity contribution in [3.63, 3.8) is 0 Å². The van der Waals surface area contributed by atoms with Gasteiger partial charge in [-0.3, -0.25) is 33.6 Å². The second-order valence-electron chi connectivity index (χ2n) is 15.2. The Labute approximate surface area is 356 Å². The maximum Gasteiger partial charge on any atom is 0.326 e. The Morgan fingerprint density at radius 1 is 0.567 bits per heavy atom. The molecule has 0 heterocycles. The molecule has 8 unspecified atom stereocenters. The third kappa shape index (κ3) is 21.7. The molecular formula is C38H68N10O11S. The SMILES string of the molecule is C=C(N)NCCCC(C)C(=O)NC(C(=O)NC(C(=O)NC(CCCNC(=C)N)C(=O)NC(CCSC)C(=O)NC(CC(=O)O)C(=O)NC(C(=O)O)C(C)C)C(C)O)C(C)C. The number of carbonyl (C=O) groups is 8. The number of carbonyl (C=O) groups excluding carboxylic acids is 6. The summed E-state index contributed by atoms with van der Waals surface area (Å²) in [7, 11) is 0. The van der Waals surface area contributed by atoms with Crippen molar-refractivity contribution in [1.29, 1.82) is 0 Å². The molecule has 8 atom stereocenters. The molecule has 0 saturated heterocycles. The number of thioether (sulfide) groups is 1. The van der Waals surface area contributed by atoms with Crippen molar-refractivity contribution in [2.24, 2.45) is 29.2 Å². The van der Waals surface area contributed by atoms with Crippen molar-refractivity contribution < 1.29 is 53.7 Å². The minimum Gasteiger partial charge on any atom is -0.481 e. The third-order valence-corrected chi connectivity index (χ3v) is 9.71. The molecule has 21 nitrogen and oxygen atoms in total. The Morgan fingerprint density at radius 2 is 0.983 bits per heavy atom. The summed E-state index contributed by atoms with van der Waals surface area (Å²) >= 11 is 1.32. The van der Waals surface area contributed by atoms with Crippen LogP contribution in [0.25, 0.3) is 0 Å². The molecule has 22 heteroatoms. The zero-order valence-electron chi connectivity index (χ0n) is 35.7. The molecule has 0 bridgehead atoms. The molecule has 0 fully saturated rings. The van der Waals surface area contributed by atoms with E-state index in [2.05, 4.69) is 55.7 Å². The first-order valence-electron chi connectivity index (χ1n) is 19.7. The molecule has 0 saturated carbocycles. The van der Waals surface area contributed by atoms with Gasteiger partial charge in [-0.1, -0.05) is 47.8 Å². The number of nitrogens with one attached hydrogen (secondary N) is 8. The molecular weight excluding hydrogens is 805 g/mol. The molecule has 6 amide bonds. The first kappa shape index (κ1) is 54.8. The van der Waals surface area contributed by atoms with Crippen LogP contribution in [0.15, 0.2) is 24.8 Å². The van der Waals surface area contributed by atoms with Gasteiger partial charge in [-0.2, -0.15) is 11.8 Å². The second-order valence-corrected chi connectivity index (χ2v) is 16.2. The third-order valence-electron chi connectivity index (χ3n) is 9.06. The van der Waals surface area contributed by atoms with Crippen LogP contribution in [0.2, 0.25) is 0 Å². The standard InChI is InChI=1S/C38H68N10O11S/c1-19(2)29(46-32(52)21(5)12-10-15-41-23(7)39)36(56)48-31(22(6)49)37(57)44-25(13-11-16-42-24(8)40)33(53)43-26(14-17-60-9)34(54)45-27(18-28(50)51)35(55)47-30(20(3)4)38(58)59/h19-22,25-27,29-31,41-42,49H,7-8,10-18,39-40H2,1-6,9H3,(H,43,53)(H,44,57)(H,45,54)(H,46,52)(H,47,55)(H,48,56)(H,50,51)(H,58,59). The summed E-state index contributed by atoms with van der Waals surface area (Å²) in [6.45, 7) is 17.2. The van der Waals surface area contributed by atoms with Gasteiger partial charge in [-0.25, -0.2) is 4.79 Å². The molecule has 0 aromatic rings. The van der Waals surface area contributed by atoms with Gasteiger partial charge in [-0.15, -0.1) is 0 Å². The number of amides is 6. The van der Waals surface area contributed by atoms with E-state index >= 15 is 0 Å². The number of carboxylic acids is 2. The predicted molar refractivity (Wildman–Crippen MR) is 226 cm³/mol. The Hall–Kier alpha value is -5.25. The minimum absolute atomic E-state index is 0.00720. The van der Waals surface area contributed by atoms with Gasteiger partial charge in [-0.05, 0) is 62.9 Å². The largest absolute Gasteiger partial charge is 0.481 e. The molecule has 0 rings (SSSR count). The van der Waals surface area contributed by atoms with E-state index in [0.29, 0.717) is 31.0 Å². The number of nitrogens with two attached hydrogens (primary N) is 2. The van der Waals surface area contributed by atoms with Crippen LogP contribution >= 0.6 is 11.8 Å². The zero-order chi connectivity index (χ0) is 46.3. The van der Waals surface area contributed by atoms with E-state index in [-0.39, 0.29) is 31.6 Å². The fourth-order valence-electron chi connectivity index (χ4n) is 5.55. The van der Waals surface area contributed by atoms with E-state index in [1.54, 1.807) is 27.0 Å². The van der Waals surface area contributed by atoms with Gasteiger partial charge in [0.1, 0.15) is 36.3 Å². The fraction of sp³-hybridized carbons (Fsp3) is 0.684. The summed E-state index contributed by atoms with van der Waals surface area (Å²) in [5.74, 6) is -8.62. The topological polar surface area (TPSA) is 346 Å². The number of hydrogen-bond acceptors (Lipinski definition) is 14. The molecule has 60 heavy (non-hydrogen) atoms. The molecule has 15 N–H and O–H groups in total. The van der Waals surface area contributed by atoms with Gasteiger partial charge in [0, 0.05) is 19.0 Å². The predicted octanol–water partition coefficient (Wildman–Crippen LogP) is -1.86. The van der Waals surface area contributed by atoms with Gasteiger partial charge in [0.25, 0.3) is 0 Å². The quantitative estimate of drug-likeness (QED) is 0.0340.